The SMILES string of the molecule is CC1CCC2=C(C1)SC1=NC(CCC(=O)NCCN3CCOCC3)=NC(=O)C12. The molecule has 1 aliphatic carbocycles. The zero-order chi connectivity index (χ0) is 19.5. The lowest BCUT2D eigenvalue weighted by Crippen LogP contribution is -2.41. The maximum Gasteiger partial charge on any atom is 0.261 e. The normalized spacial score (nSPS) is 27.8. The molecule has 0 aromatic carbocycles. The maximum absolute atomic E-state index is 12.6. The highest BCUT2D eigenvalue weighted by Crippen LogP contribution is 2.48. The standard InChI is InChI=1S/C20H28N4O3S/c1-13-2-3-14-15(12-13)28-20-18(14)19(26)22-16(23-20)4-5-17(25)21-6-7-24-8-10-27-11-9-24/h13,18H,2-12H2,1H3,(H,21,25). The molecule has 7 nitrogen and oxygen atoms in total. The van der Waals surface area contributed by atoms with E-state index in [1.165, 1.54) is 10.5 Å². The fourth-order valence-electron chi connectivity index (χ4n) is 4.13. The van der Waals surface area contributed by atoms with E-state index in [0.29, 0.717) is 31.1 Å². The average Bonchev–Trinajstić information content (AvgIpc) is 3.05. The van der Waals surface area contributed by atoms with E-state index in [4.69, 9.17) is 4.74 Å². The van der Waals surface area contributed by atoms with Crippen LogP contribution in [-0.2, 0) is 14.3 Å². The number of ether oxygens (including phenoxy) is 1. The number of allylic oxidation sites excluding steroid dienone is 1. The lowest BCUT2D eigenvalue weighted by atomic mass is 9.84. The molecule has 1 saturated heterocycles. The first-order chi connectivity index (χ1) is 13.6. The van der Waals surface area contributed by atoms with Gasteiger partial charge < -0.3 is 10.1 Å². The molecular formula is C20H28N4O3S. The molecule has 3 aliphatic heterocycles. The van der Waals surface area contributed by atoms with Crippen molar-refractivity contribution in [2.24, 2.45) is 21.8 Å². The van der Waals surface area contributed by atoms with Crippen LogP contribution in [0.4, 0.5) is 0 Å². The number of amides is 2. The Balaban J connectivity index is 1.24. The molecule has 0 spiro atoms. The molecule has 3 heterocycles. The van der Waals surface area contributed by atoms with Gasteiger partial charge in [0, 0.05) is 39.0 Å². The summed E-state index contributed by atoms with van der Waals surface area (Å²) < 4.78 is 5.32. The Bertz CT molecular complexity index is 740. The Morgan fingerprint density at radius 1 is 1.32 bits per heavy atom. The number of rotatable bonds is 6. The largest absolute Gasteiger partial charge is 0.379 e. The van der Waals surface area contributed by atoms with Crippen molar-refractivity contribution < 1.29 is 14.3 Å². The van der Waals surface area contributed by atoms with Crippen LogP contribution in [0.1, 0.15) is 39.0 Å². The third kappa shape index (κ3) is 4.55. The van der Waals surface area contributed by atoms with Gasteiger partial charge in [-0.2, -0.15) is 4.99 Å². The smallest absolute Gasteiger partial charge is 0.261 e. The van der Waals surface area contributed by atoms with Crippen molar-refractivity contribution in [2.75, 3.05) is 39.4 Å². The lowest BCUT2D eigenvalue weighted by Gasteiger charge is -2.26. The number of carbonyl (C=O) groups excluding carboxylic acids is 2. The van der Waals surface area contributed by atoms with Crippen molar-refractivity contribution >= 4 is 34.5 Å². The fourth-order valence-corrected chi connectivity index (χ4v) is 5.61. The number of amidine groups is 1. The summed E-state index contributed by atoms with van der Waals surface area (Å²) in [4.78, 5) is 37.2. The van der Waals surface area contributed by atoms with Gasteiger partial charge in [-0.25, -0.2) is 4.99 Å². The van der Waals surface area contributed by atoms with Crippen LogP contribution in [0.3, 0.4) is 0 Å². The van der Waals surface area contributed by atoms with Crippen molar-refractivity contribution in [1.29, 1.82) is 0 Å². The summed E-state index contributed by atoms with van der Waals surface area (Å²) in [5.74, 6) is 0.818. The second kappa shape index (κ2) is 8.88. The minimum Gasteiger partial charge on any atom is -0.379 e. The van der Waals surface area contributed by atoms with E-state index in [1.807, 2.05) is 0 Å². The van der Waals surface area contributed by atoms with Crippen LogP contribution in [0, 0.1) is 11.8 Å². The van der Waals surface area contributed by atoms with Crippen LogP contribution >= 0.6 is 11.8 Å². The van der Waals surface area contributed by atoms with Crippen molar-refractivity contribution in [3.63, 3.8) is 0 Å². The number of aliphatic imine (C=N–C) groups is 2. The fraction of sp³-hybridized carbons (Fsp3) is 0.700. The molecule has 0 saturated carbocycles. The number of nitrogens with zero attached hydrogens (tertiary/aromatic N) is 3. The first-order valence-electron chi connectivity index (χ1n) is 10.3. The van der Waals surface area contributed by atoms with Gasteiger partial charge in [0.05, 0.1) is 18.3 Å². The number of carbonyl (C=O) groups is 2. The number of hydrogen-bond donors (Lipinski definition) is 1. The highest BCUT2D eigenvalue weighted by Gasteiger charge is 2.41. The highest BCUT2D eigenvalue weighted by atomic mass is 32.2. The summed E-state index contributed by atoms with van der Waals surface area (Å²) in [5, 5.41) is 3.83. The van der Waals surface area contributed by atoms with Gasteiger partial charge in [-0.05, 0) is 35.7 Å². The first kappa shape index (κ1) is 19.8. The molecule has 1 fully saturated rings. The van der Waals surface area contributed by atoms with Crippen LogP contribution in [0.15, 0.2) is 20.5 Å². The first-order valence-corrected chi connectivity index (χ1v) is 11.1. The topological polar surface area (TPSA) is 83.4 Å². The second-order valence-corrected chi connectivity index (χ2v) is 9.07. The van der Waals surface area contributed by atoms with Gasteiger partial charge in [0.15, 0.2) is 0 Å². The van der Waals surface area contributed by atoms with Crippen molar-refractivity contribution in [3.8, 4) is 0 Å². The Labute approximate surface area is 170 Å². The third-order valence-electron chi connectivity index (χ3n) is 5.78. The number of morpholine rings is 1. The van der Waals surface area contributed by atoms with E-state index in [-0.39, 0.29) is 17.7 Å². The summed E-state index contributed by atoms with van der Waals surface area (Å²) in [5.41, 5.74) is 1.25. The second-order valence-electron chi connectivity index (χ2n) is 7.95. The molecule has 4 aliphatic rings. The number of fused-ring (bicyclic) bond motifs is 2. The predicted octanol–water partition coefficient (Wildman–Crippen LogP) is 1.99. The maximum atomic E-state index is 12.6. The summed E-state index contributed by atoms with van der Waals surface area (Å²) >= 11 is 1.67. The van der Waals surface area contributed by atoms with Gasteiger partial charge >= 0.3 is 0 Å². The van der Waals surface area contributed by atoms with Gasteiger partial charge in [-0.3, -0.25) is 14.5 Å². The van der Waals surface area contributed by atoms with E-state index >= 15 is 0 Å². The van der Waals surface area contributed by atoms with Gasteiger partial charge in [0.25, 0.3) is 5.91 Å². The minimum atomic E-state index is -0.237. The van der Waals surface area contributed by atoms with E-state index in [2.05, 4.69) is 27.1 Å². The van der Waals surface area contributed by atoms with Crippen LogP contribution in [0.5, 0.6) is 0 Å². The Morgan fingerprint density at radius 2 is 2.14 bits per heavy atom. The highest BCUT2D eigenvalue weighted by molar-refractivity contribution is 8.17. The van der Waals surface area contributed by atoms with E-state index in [9.17, 15) is 9.59 Å². The van der Waals surface area contributed by atoms with E-state index in [1.54, 1.807) is 11.8 Å². The zero-order valence-electron chi connectivity index (χ0n) is 16.4. The molecule has 0 radical (unpaired) electrons. The monoisotopic (exact) mass is 404 g/mol. The lowest BCUT2D eigenvalue weighted by molar-refractivity contribution is -0.121. The molecular weight excluding hydrogens is 376 g/mol. The van der Waals surface area contributed by atoms with Gasteiger partial charge in [-0.15, -0.1) is 0 Å². The van der Waals surface area contributed by atoms with Crippen LogP contribution in [0.2, 0.25) is 0 Å². The molecule has 0 bridgehead atoms. The molecule has 2 atom stereocenters. The van der Waals surface area contributed by atoms with E-state index in [0.717, 1.165) is 57.2 Å². The Morgan fingerprint density at radius 3 is 2.96 bits per heavy atom. The third-order valence-corrected chi connectivity index (χ3v) is 6.99. The van der Waals surface area contributed by atoms with Crippen LogP contribution < -0.4 is 5.32 Å². The zero-order valence-corrected chi connectivity index (χ0v) is 17.2. The van der Waals surface area contributed by atoms with Crippen molar-refractivity contribution in [3.05, 3.63) is 10.5 Å². The average molecular weight is 405 g/mol. The van der Waals surface area contributed by atoms with E-state index < -0.39 is 0 Å². The summed E-state index contributed by atoms with van der Waals surface area (Å²) in [7, 11) is 0. The number of hydrogen-bond acceptors (Lipinski definition) is 6. The molecule has 152 valence electrons. The summed E-state index contributed by atoms with van der Waals surface area (Å²) in [6.07, 6.45) is 3.88. The molecule has 0 aromatic rings. The molecule has 1 N–H and O–H groups in total. The molecule has 0 aromatic heterocycles. The van der Waals surface area contributed by atoms with Gasteiger partial charge in [0.2, 0.25) is 5.91 Å². The van der Waals surface area contributed by atoms with Crippen LogP contribution in [0.25, 0.3) is 0 Å². The Hall–Kier alpha value is -1.51. The quantitative estimate of drug-likeness (QED) is 0.732. The number of nitrogens with one attached hydrogen (secondary N) is 1. The predicted molar refractivity (Wildman–Crippen MR) is 111 cm³/mol. The molecule has 28 heavy (non-hydrogen) atoms. The summed E-state index contributed by atoms with van der Waals surface area (Å²) in [6.45, 7) is 7.09. The van der Waals surface area contributed by atoms with Gasteiger partial charge in [0.1, 0.15) is 11.8 Å². The van der Waals surface area contributed by atoms with Gasteiger partial charge in [-0.1, -0.05) is 18.7 Å². The number of thioether (sulfide) groups is 1. The Kier molecular flexibility index (Phi) is 6.28. The molecule has 8 heteroatoms. The molecule has 2 amide bonds. The molecule has 4 rings (SSSR count). The minimum absolute atomic E-state index is 0.0175. The molecule has 2 unspecified atom stereocenters. The van der Waals surface area contributed by atoms with Crippen molar-refractivity contribution in [2.45, 2.75) is 39.0 Å². The van der Waals surface area contributed by atoms with Crippen LogP contribution in [-0.4, -0.2) is 67.0 Å². The summed E-state index contributed by atoms with van der Waals surface area (Å²) in [6, 6.07) is 0. The van der Waals surface area contributed by atoms with Crippen molar-refractivity contribution in [1.82, 2.24) is 10.2 Å².